The van der Waals surface area contributed by atoms with Crippen LogP contribution in [-0.4, -0.2) is 41.1 Å². The maximum absolute atomic E-state index is 12.8. The van der Waals surface area contributed by atoms with E-state index in [1.165, 1.54) is 30.9 Å². The zero-order valence-electron chi connectivity index (χ0n) is 19.2. The number of nitrogens with one attached hydrogen (secondary N) is 1. The van der Waals surface area contributed by atoms with E-state index in [9.17, 15) is 13.2 Å². The van der Waals surface area contributed by atoms with Crippen LogP contribution in [0.2, 0.25) is 0 Å². The molecule has 0 aliphatic rings. The Balaban J connectivity index is 1.53. The molecule has 0 aliphatic heterocycles. The summed E-state index contributed by atoms with van der Waals surface area (Å²) in [4.78, 5) is 14.8. The van der Waals surface area contributed by atoms with Crippen LogP contribution in [0.1, 0.15) is 35.2 Å². The minimum atomic E-state index is -3.69. The molecule has 0 atom stereocenters. The van der Waals surface area contributed by atoms with E-state index in [-0.39, 0.29) is 33.8 Å². The lowest BCUT2D eigenvalue weighted by atomic mass is 10.2. The number of hydrogen-bond acceptors (Lipinski definition) is 6. The van der Waals surface area contributed by atoms with Crippen molar-refractivity contribution in [2.45, 2.75) is 30.9 Å². The molecule has 7 nitrogen and oxygen atoms in total. The predicted octanol–water partition coefficient (Wildman–Crippen LogP) is 4.22. The van der Waals surface area contributed by atoms with Gasteiger partial charge in [0.2, 0.25) is 0 Å². The lowest BCUT2D eigenvalue weighted by molar-refractivity contribution is 0.0924. The van der Waals surface area contributed by atoms with Gasteiger partial charge in [-0.05, 0) is 62.2 Å². The molecule has 176 valence electrons. The second-order valence-corrected chi connectivity index (χ2v) is 9.66. The van der Waals surface area contributed by atoms with E-state index in [4.69, 9.17) is 9.15 Å². The Bertz CT molecular complexity index is 1190. The van der Waals surface area contributed by atoms with Gasteiger partial charge in [0.1, 0.15) is 22.2 Å². The van der Waals surface area contributed by atoms with Gasteiger partial charge in [-0.25, -0.2) is 8.42 Å². The summed E-state index contributed by atoms with van der Waals surface area (Å²) in [6.45, 7) is 6.33. The average Bonchev–Trinajstić information content (AvgIpc) is 3.26. The Kier molecular flexibility index (Phi) is 8.16. The van der Waals surface area contributed by atoms with Gasteiger partial charge in [-0.3, -0.25) is 4.79 Å². The molecule has 0 aliphatic carbocycles. The highest BCUT2D eigenvalue weighted by atomic mass is 32.2. The summed E-state index contributed by atoms with van der Waals surface area (Å²) in [5, 5.41) is 2.84. The third kappa shape index (κ3) is 6.38. The summed E-state index contributed by atoms with van der Waals surface area (Å²) in [6.07, 6.45) is 0.767. The molecule has 33 heavy (non-hydrogen) atoms. The van der Waals surface area contributed by atoms with E-state index < -0.39 is 9.84 Å². The molecule has 1 aromatic heterocycles. The van der Waals surface area contributed by atoms with E-state index in [1.807, 2.05) is 6.07 Å². The Morgan fingerprint density at radius 3 is 2.61 bits per heavy atom. The molecule has 0 radical (unpaired) electrons. The molecule has 1 heterocycles. The number of carbonyl (C=O) groups is 1. The normalized spacial score (nSPS) is 11.2. The summed E-state index contributed by atoms with van der Waals surface area (Å²) in [6, 6.07) is 17.8. The van der Waals surface area contributed by atoms with Gasteiger partial charge in [0.05, 0.1) is 7.11 Å². The molecular formula is C25H30N2O5S. The standard InChI is InChI=1S/C25H30N2O5S/c1-4-27(20-10-7-9-19(2)17-20)16-8-15-26-25(28)23-14-13-21(32-23)18-33(29,30)24-12-6-5-11-22(24)31-3/h5-7,9-14,17H,4,8,15-16,18H2,1-3H3,(H,26,28). The van der Waals surface area contributed by atoms with Crippen LogP contribution in [0.15, 0.2) is 70.0 Å². The van der Waals surface area contributed by atoms with Crippen LogP contribution < -0.4 is 15.0 Å². The average molecular weight is 471 g/mol. The number of nitrogens with zero attached hydrogens (tertiary/aromatic N) is 1. The fourth-order valence-electron chi connectivity index (χ4n) is 3.57. The van der Waals surface area contributed by atoms with Crippen molar-refractivity contribution < 1.29 is 22.4 Å². The van der Waals surface area contributed by atoms with Crippen molar-refractivity contribution in [1.29, 1.82) is 0 Å². The Morgan fingerprint density at radius 1 is 1.09 bits per heavy atom. The van der Waals surface area contributed by atoms with Crippen LogP contribution in [0.25, 0.3) is 0 Å². The number of furan rings is 1. The van der Waals surface area contributed by atoms with Gasteiger partial charge in [-0.1, -0.05) is 24.3 Å². The number of amides is 1. The highest BCUT2D eigenvalue weighted by molar-refractivity contribution is 7.90. The summed E-state index contributed by atoms with van der Waals surface area (Å²) in [5.74, 6) is -0.167. The van der Waals surface area contributed by atoms with Gasteiger partial charge in [0, 0.05) is 25.3 Å². The van der Waals surface area contributed by atoms with Crippen molar-refractivity contribution in [1.82, 2.24) is 5.32 Å². The monoisotopic (exact) mass is 470 g/mol. The molecule has 8 heteroatoms. The van der Waals surface area contributed by atoms with E-state index in [0.29, 0.717) is 6.54 Å². The smallest absolute Gasteiger partial charge is 0.286 e. The van der Waals surface area contributed by atoms with Crippen molar-refractivity contribution in [3.05, 3.63) is 77.7 Å². The summed E-state index contributed by atoms with van der Waals surface area (Å²) < 4.78 is 36.2. The zero-order valence-corrected chi connectivity index (χ0v) is 20.0. The zero-order chi connectivity index (χ0) is 23.8. The van der Waals surface area contributed by atoms with Crippen LogP contribution >= 0.6 is 0 Å². The molecule has 0 bridgehead atoms. The largest absolute Gasteiger partial charge is 0.495 e. The van der Waals surface area contributed by atoms with Crippen molar-refractivity contribution in [3.63, 3.8) is 0 Å². The molecule has 3 aromatic rings. The molecule has 1 amide bonds. The maximum atomic E-state index is 12.8. The molecule has 2 aromatic carbocycles. The van der Waals surface area contributed by atoms with E-state index in [1.54, 1.807) is 18.2 Å². The van der Waals surface area contributed by atoms with Crippen molar-refractivity contribution in [2.75, 3.05) is 31.6 Å². The first-order valence-corrected chi connectivity index (χ1v) is 12.5. The number of aryl methyl sites for hydroxylation is 1. The Labute approximate surface area is 195 Å². The number of para-hydroxylation sites is 1. The molecular weight excluding hydrogens is 440 g/mol. The number of carbonyl (C=O) groups excluding carboxylic acids is 1. The first-order chi connectivity index (χ1) is 15.8. The summed E-state index contributed by atoms with van der Waals surface area (Å²) in [5.41, 5.74) is 2.37. The van der Waals surface area contributed by atoms with Gasteiger partial charge >= 0.3 is 0 Å². The third-order valence-electron chi connectivity index (χ3n) is 5.26. The third-order valence-corrected chi connectivity index (χ3v) is 6.93. The molecule has 0 fully saturated rings. The lowest BCUT2D eigenvalue weighted by Gasteiger charge is -2.23. The highest BCUT2D eigenvalue weighted by Gasteiger charge is 2.22. The van der Waals surface area contributed by atoms with Crippen molar-refractivity contribution in [2.24, 2.45) is 0 Å². The van der Waals surface area contributed by atoms with Gasteiger partial charge in [-0.15, -0.1) is 0 Å². The van der Waals surface area contributed by atoms with Gasteiger partial charge in [-0.2, -0.15) is 0 Å². The van der Waals surface area contributed by atoms with Gasteiger partial charge in [0.15, 0.2) is 15.6 Å². The summed E-state index contributed by atoms with van der Waals surface area (Å²) in [7, 11) is -2.27. The first kappa shape index (κ1) is 24.4. The highest BCUT2D eigenvalue weighted by Crippen LogP contribution is 2.26. The summed E-state index contributed by atoms with van der Waals surface area (Å²) >= 11 is 0. The maximum Gasteiger partial charge on any atom is 0.286 e. The van der Waals surface area contributed by atoms with Gasteiger partial charge in [0.25, 0.3) is 5.91 Å². The van der Waals surface area contributed by atoms with E-state index in [0.717, 1.165) is 25.2 Å². The second kappa shape index (κ2) is 11.0. The van der Waals surface area contributed by atoms with Crippen LogP contribution in [0, 0.1) is 6.92 Å². The fourth-order valence-corrected chi connectivity index (χ4v) is 5.00. The SMILES string of the molecule is CCN(CCCNC(=O)c1ccc(CS(=O)(=O)c2ccccc2OC)o1)c1cccc(C)c1. The van der Waals surface area contributed by atoms with Crippen LogP contribution in [0.5, 0.6) is 5.75 Å². The number of ether oxygens (including phenoxy) is 1. The predicted molar refractivity (Wildman–Crippen MR) is 129 cm³/mol. The Hall–Kier alpha value is -3.26. The topological polar surface area (TPSA) is 88.9 Å². The minimum Gasteiger partial charge on any atom is -0.495 e. The molecule has 0 unspecified atom stereocenters. The van der Waals surface area contributed by atoms with Crippen molar-refractivity contribution >= 4 is 21.4 Å². The molecule has 3 rings (SSSR count). The number of benzene rings is 2. The van der Waals surface area contributed by atoms with Crippen LogP contribution in [-0.2, 0) is 15.6 Å². The first-order valence-electron chi connectivity index (χ1n) is 10.9. The number of hydrogen-bond donors (Lipinski definition) is 1. The number of sulfone groups is 1. The quantitative estimate of drug-likeness (QED) is 0.422. The Morgan fingerprint density at radius 2 is 1.88 bits per heavy atom. The minimum absolute atomic E-state index is 0.0870. The van der Waals surface area contributed by atoms with Crippen molar-refractivity contribution in [3.8, 4) is 5.75 Å². The molecule has 0 saturated carbocycles. The number of rotatable bonds is 11. The molecule has 1 N–H and O–H groups in total. The molecule has 0 spiro atoms. The van der Waals surface area contributed by atoms with Gasteiger partial charge < -0.3 is 19.4 Å². The lowest BCUT2D eigenvalue weighted by Crippen LogP contribution is -2.29. The van der Waals surface area contributed by atoms with E-state index in [2.05, 4.69) is 42.3 Å². The molecule has 0 saturated heterocycles. The van der Waals surface area contributed by atoms with Crippen LogP contribution in [0.3, 0.4) is 0 Å². The number of methoxy groups -OCH3 is 1. The van der Waals surface area contributed by atoms with E-state index >= 15 is 0 Å². The van der Waals surface area contributed by atoms with Crippen LogP contribution in [0.4, 0.5) is 5.69 Å². The fraction of sp³-hybridized carbons (Fsp3) is 0.320. The number of anilines is 1. The second-order valence-electron chi connectivity index (χ2n) is 7.70.